The van der Waals surface area contributed by atoms with E-state index in [-0.39, 0.29) is 0 Å². The molecule has 4 rings (SSSR count). The molecule has 2 heterocycles. The van der Waals surface area contributed by atoms with Crippen LogP contribution in [0.1, 0.15) is 695 Å². The molecule has 18 atom stereocenters. The van der Waals surface area contributed by atoms with Gasteiger partial charge in [0, 0.05) is 0 Å². The van der Waals surface area contributed by atoms with Crippen molar-refractivity contribution in [3.05, 3.63) is 0 Å². The lowest BCUT2D eigenvalue weighted by atomic mass is 9.91. The van der Waals surface area contributed by atoms with Crippen LogP contribution in [0.4, 0.5) is 0 Å². The van der Waals surface area contributed by atoms with Gasteiger partial charge < -0.3 is 64.5 Å². The van der Waals surface area contributed by atoms with E-state index in [1.807, 2.05) is 0 Å². The van der Waals surface area contributed by atoms with Gasteiger partial charge in [0.05, 0.1) is 24.0 Å². The Bertz CT molecular complexity index is 2530. The minimum absolute atomic E-state index is 0.436. The quantitative estimate of drug-likeness (QED) is 0.0209. The van der Waals surface area contributed by atoms with Crippen molar-refractivity contribution in [3.63, 3.8) is 0 Å². The van der Waals surface area contributed by atoms with Crippen LogP contribution in [0, 0.1) is 35.5 Å². The largest absolute Gasteiger partial charge is 0.463 e. The predicted octanol–water partition coefficient (Wildman–Crippen LogP) is 36.8. The van der Waals surface area contributed by atoms with Gasteiger partial charge in [0.2, 0.25) is 0 Å². The highest BCUT2D eigenvalue weighted by Crippen LogP contribution is 2.47. The van der Waals surface area contributed by atoms with Gasteiger partial charge in [0.1, 0.15) is 62.0 Å². The highest BCUT2D eigenvalue weighted by molar-refractivity contribution is 5.73. The van der Waals surface area contributed by atoms with E-state index in [0.29, 0.717) is 25.7 Å². The molecule has 0 aromatic carbocycles. The molecule has 15 nitrogen and oxygen atoms in total. The van der Waals surface area contributed by atoms with Crippen LogP contribution < -0.4 is 0 Å². The number of carbonyl (C=O) groups excluding carboxylic acids is 2. The Hall–Kier alpha value is -1.50. The summed E-state index contributed by atoms with van der Waals surface area (Å²) >= 11 is 0. The van der Waals surface area contributed by atoms with Crippen molar-refractivity contribution < 1.29 is 74.1 Å². The molecule has 2 aliphatic carbocycles. The summed E-state index contributed by atoms with van der Waals surface area (Å²) in [7, 11) is 0. The van der Waals surface area contributed by atoms with Gasteiger partial charge in [0.15, 0.2) is 12.6 Å². The van der Waals surface area contributed by atoms with Crippen LogP contribution in [0.2, 0.25) is 0 Å². The smallest absolute Gasteiger partial charge is 0.311 e. The van der Waals surface area contributed by atoms with E-state index in [0.717, 1.165) is 126 Å². The maximum Gasteiger partial charge on any atom is 0.311 e. The van der Waals surface area contributed by atoms with Crippen molar-refractivity contribution in [2.45, 2.75) is 769 Å². The predicted molar refractivity (Wildman–Crippen MR) is 612 cm³/mol. The number of unbranched alkanes of at least 4 members (excludes halogenated alkanes) is 88. The third-order valence-electron chi connectivity index (χ3n) is 34.8. The highest BCUT2D eigenvalue weighted by Gasteiger charge is 2.51. The molecule has 0 amide bonds. The molecule has 0 bridgehead atoms. The molecule has 8 N–H and O–H groups in total. The van der Waals surface area contributed by atoms with E-state index in [4.69, 9.17) is 23.7 Å². The maximum absolute atomic E-state index is 14.3. The van der Waals surface area contributed by atoms with Gasteiger partial charge in [0.25, 0.3) is 0 Å². The summed E-state index contributed by atoms with van der Waals surface area (Å²) in [6.45, 7) is 8.08. The van der Waals surface area contributed by atoms with Crippen LogP contribution in [-0.4, -0.2) is 140 Å². The first-order valence-electron chi connectivity index (χ1n) is 66.0. The molecule has 4 aliphatic rings. The van der Waals surface area contributed by atoms with Crippen LogP contribution in [0.5, 0.6) is 0 Å². The zero-order valence-corrected chi connectivity index (χ0v) is 96.8. The van der Waals surface area contributed by atoms with E-state index in [2.05, 4.69) is 27.7 Å². The zero-order chi connectivity index (χ0) is 104. The maximum atomic E-state index is 14.3. The number of rotatable bonds is 114. The van der Waals surface area contributed by atoms with Crippen molar-refractivity contribution >= 4 is 11.9 Å². The molecule has 4 fully saturated rings. The minimum atomic E-state index is -1.90. The fourth-order valence-corrected chi connectivity index (χ4v) is 24.2. The second-order valence-electron chi connectivity index (χ2n) is 48.4. The Morgan fingerprint density at radius 2 is 0.359 bits per heavy atom. The average molecular weight is 2050 g/mol. The number of hydrogen-bond acceptors (Lipinski definition) is 15. The molecule has 8 unspecified atom stereocenters. The Morgan fingerprint density at radius 1 is 0.207 bits per heavy atom. The number of hydrogen-bond donors (Lipinski definition) is 8. The minimum Gasteiger partial charge on any atom is -0.463 e. The Morgan fingerprint density at radius 3 is 0.531 bits per heavy atom. The summed E-state index contributed by atoms with van der Waals surface area (Å²) in [4.78, 5) is 28.7. The van der Waals surface area contributed by atoms with Crippen molar-refractivity contribution in [1.29, 1.82) is 0 Å². The van der Waals surface area contributed by atoms with Crippen LogP contribution in [0.3, 0.4) is 0 Å². The summed E-state index contributed by atoms with van der Waals surface area (Å²) in [5, 5.41) is 91.9. The lowest BCUT2D eigenvalue weighted by molar-refractivity contribution is -0.376. The van der Waals surface area contributed by atoms with Crippen molar-refractivity contribution in [2.75, 3.05) is 13.2 Å². The van der Waals surface area contributed by atoms with Crippen LogP contribution in [-0.2, 0) is 33.3 Å². The monoisotopic (exact) mass is 2050 g/mol. The molecule has 0 spiro atoms. The first-order chi connectivity index (χ1) is 71.3. The lowest BCUT2D eigenvalue weighted by Crippen LogP contribution is -2.64. The average Bonchev–Trinajstić information content (AvgIpc) is 1.66. The van der Waals surface area contributed by atoms with E-state index in [9.17, 15) is 50.4 Å². The summed E-state index contributed by atoms with van der Waals surface area (Å²) < 4.78 is 30.0. The summed E-state index contributed by atoms with van der Waals surface area (Å²) in [5.41, 5.74) is 0. The van der Waals surface area contributed by atoms with Gasteiger partial charge in [-0.05, 0) is 62.2 Å². The SMILES string of the molecule is CCCCCCCCCCCCCCCCCCCCCCCCCC(O)C(CCCCCCCCCCC1CC1CCCCCCCCCCCCCCCCCC)C(=O)OC[C@H]1O[C@H](O[C@H]2O[C@H](COC(=O)C(CCCCCCCCCCC3CC3CCCCCCCCCCCCCCCCCC)C(O)CCCCCCCCCCCCCCCCCCCCCCCCC)[C@@H](O)[C@H](O)[C@H]2O)[C@H](O)[C@@H](O)[C@@H]1O. The molecule has 2 saturated carbocycles. The molecule has 860 valence electrons. The number of aliphatic hydroxyl groups is 8. The fourth-order valence-electron chi connectivity index (χ4n) is 24.2. The standard InChI is InChI=1S/C130H250O15/c1-5-9-13-17-21-25-29-33-37-41-43-45-47-49-51-53-57-61-65-69-81-89-97-105-117(131)115(103-95-87-79-73-71-77-85-93-101-113-107-111(113)99-91-83-75-67-63-59-55-39-35-31-27-23-19-15-11-7-3)127(139)141-109-119-121(133)123(135)125(137)129(143-119)145-130-126(138)124(136)122(134)120(144-130)110-142-128(140)116(118(132)106-98-90-82-70-66-62-58-54-52-50-48-46-44-42-38-34-30-26-22-18-14-10-6-2)104-96-88-80-74-72-78-86-94-102-114-108-112(114)100-92-84-76-68-64-60-56-40-36-32-28-24-20-16-12-8-4/h111-126,129-138H,5-110H2,1-4H3/t111?,112?,113?,114?,115?,116?,117?,118?,119-,120-,121-,122-,123+,124+,125-,126-,129-,130-/m1/s1. The summed E-state index contributed by atoms with van der Waals surface area (Å²) in [5.74, 6) is 0.951. The Balaban J connectivity index is 1.22. The third-order valence-corrected chi connectivity index (χ3v) is 34.8. The molecule has 0 aromatic rings. The van der Waals surface area contributed by atoms with Crippen LogP contribution in [0.15, 0.2) is 0 Å². The van der Waals surface area contributed by atoms with Crippen molar-refractivity contribution in [2.24, 2.45) is 35.5 Å². The fraction of sp³-hybridized carbons (Fsp3) is 0.985. The van der Waals surface area contributed by atoms with Crippen LogP contribution in [0.25, 0.3) is 0 Å². The Kier molecular flexibility index (Phi) is 93.0. The van der Waals surface area contributed by atoms with Crippen molar-refractivity contribution in [3.8, 4) is 0 Å². The van der Waals surface area contributed by atoms with E-state index in [1.165, 1.54) is 539 Å². The Labute approximate surface area is 898 Å². The number of carbonyl (C=O) groups is 2. The summed E-state index contributed by atoms with van der Waals surface area (Å²) in [6, 6.07) is 0. The molecule has 2 aliphatic heterocycles. The van der Waals surface area contributed by atoms with Crippen molar-refractivity contribution in [1.82, 2.24) is 0 Å². The number of ether oxygens (including phenoxy) is 5. The number of esters is 2. The molecular weight excluding hydrogens is 1800 g/mol. The molecule has 145 heavy (non-hydrogen) atoms. The topological polar surface area (TPSA) is 242 Å². The van der Waals surface area contributed by atoms with Gasteiger partial charge in [-0.15, -0.1) is 0 Å². The second kappa shape index (κ2) is 99.3. The first kappa shape index (κ1) is 136. The first-order valence-corrected chi connectivity index (χ1v) is 66.0. The second-order valence-corrected chi connectivity index (χ2v) is 48.4. The third kappa shape index (κ3) is 75.9. The number of aliphatic hydroxyl groups excluding tert-OH is 8. The molecule has 15 heteroatoms. The van der Waals surface area contributed by atoms with Gasteiger partial charge in [-0.2, -0.15) is 0 Å². The molecule has 0 radical (unpaired) electrons. The van der Waals surface area contributed by atoms with Gasteiger partial charge in [-0.3, -0.25) is 9.59 Å². The van der Waals surface area contributed by atoms with Crippen LogP contribution >= 0.6 is 0 Å². The van der Waals surface area contributed by atoms with E-state index >= 15 is 0 Å². The lowest BCUT2D eigenvalue weighted by Gasteiger charge is -2.44. The van der Waals surface area contributed by atoms with Gasteiger partial charge in [-0.25, -0.2) is 0 Å². The molecule has 2 saturated heterocycles. The van der Waals surface area contributed by atoms with E-state index in [1.54, 1.807) is 0 Å². The molecular formula is C130H250O15. The van der Waals surface area contributed by atoms with Gasteiger partial charge >= 0.3 is 11.9 Å². The summed E-state index contributed by atoms with van der Waals surface area (Å²) in [6.07, 6.45) is 114. The molecule has 0 aromatic heterocycles. The highest BCUT2D eigenvalue weighted by atomic mass is 16.8. The zero-order valence-electron chi connectivity index (χ0n) is 96.8. The normalized spacial score (nSPS) is 21.9. The van der Waals surface area contributed by atoms with E-state index < -0.39 is 111 Å². The van der Waals surface area contributed by atoms with Gasteiger partial charge in [-0.1, -0.05) is 657 Å².